The third-order valence-corrected chi connectivity index (χ3v) is 5.79. The Bertz CT molecular complexity index is 663. The van der Waals surface area contributed by atoms with Gasteiger partial charge in [-0.1, -0.05) is 20.3 Å². The number of carbonyl (C=O) groups excluding carboxylic acids is 3. The van der Waals surface area contributed by atoms with Gasteiger partial charge in [0.1, 0.15) is 18.1 Å². The van der Waals surface area contributed by atoms with Gasteiger partial charge in [0.25, 0.3) is 0 Å². The average molecular weight is 516 g/mol. The third kappa shape index (κ3) is 15.0. The van der Waals surface area contributed by atoms with E-state index in [2.05, 4.69) is 16.0 Å². The number of nitrogens with two attached hydrogens (primary N) is 4. The van der Waals surface area contributed by atoms with Gasteiger partial charge in [-0.05, 0) is 83.3 Å². The van der Waals surface area contributed by atoms with E-state index in [0.717, 1.165) is 6.42 Å². The number of rotatable bonds is 21. The highest BCUT2D eigenvalue weighted by molar-refractivity contribution is 5.94. The highest BCUT2D eigenvalue weighted by Gasteiger charge is 2.30. The highest BCUT2D eigenvalue weighted by atomic mass is 16.4. The van der Waals surface area contributed by atoms with Gasteiger partial charge < -0.3 is 44.0 Å². The molecule has 12 nitrogen and oxygen atoms in total. The van der Waals surface area contributed by atoms with E-state index in [1.54, 1.807) is 0 Å². The van der Waals surface area contributed by atoms with Crippen molar-refractivity contribution >= 4 is 23.7 Å². The molecule has 0 heterocycles. The van der Waals surface area contributed by atoms with Crippen LogP contribution >= 0.6 is 0 Å². The zero-order valence-corrected chi connectivity index (χ0v) is 22.0. The molecule has 12 heteroatoms. The van der Waals surface area contributed by atoms with E-state index in [0.29, 0.717) is 64.6 Å². The van der Waals surface area contributed by atoms with E-state index < -0.39 is 47.9 Å². The van der Waals surface area contributed by atoms with Crippen LogP contribution in [0, 0.1) is 5.92 Å². The van der Waals surface area contributed by atoms with Crippen LogP contribution in [0.25, 0.3) is 0 Å². The van der Waals surface area contributed by atoms with Crippen LogP contribution in [0.2, 0.25) is 0 Å². The van der Waals surface area contributed by atoms with Crippen molar-refractivity contribution in [2.24, 2.45) is 28.9 Å². The van der Waals surface area contributed by atoms with Gasteiger partial charge in [-0.3, -0.25) is 14.4 Å². The van der Waals surface area contributed by atoms with E-state index >= 15 is 0 Å². The lowest BCUT2D eigenvalue weighted by Crippen LogP contribution is -2.57. The van der Waals surface area contributed by atoms with Crippen molar-refractivity contribution in [1.29, 1.82) is 0 Å². The van der Waals surface area contributed by atoms with Gasteiger partial charge in [-0.25, -0.2) is 4.79 Å². The molecular formula is C24H49N7O5. The molecule has 0 aliphatic heterocycles. The van der Waals surface area contributed by atoms with Gasteiger partial charge in [0.2, 0.25) is 17.7 Å². The summed E-state index contributed by atoms with van der Waals surface area (Å²) < 4.78 is 0. The quantitative estimate of drug-likeness (QED) is 0.0901. The highest BCUT2D eigenvalue weighted by Crippen LogP contribution is 2.09. The number of amides is 3. The molecule has 0 fully saturated rings. The molecule has 0 saturated carbocycles. The summed E-state index contributed by atoms with van der Waals surface area (Å²) in [5, 5.41) is 17.4. The van der Waals surface area contributed by atoms with Crippen LogP contribution in [0.1, 0.15) is 78.1 Å². The zero-order valence-electron chi connectivity index (χ0n) is 22.0. The van der Waals surface area contributed by atoms with Crippen LogP contribution in [0.5, 0.6) is 0 Å². The van der Waals surface area contributed by atoms with Crippen molar-refractivity contribution in [3.63, 3.8) is 0 Å². The van der Waals surface area contributed by atoms with E-state index in [1.807, 2.05) is 13.8 Å². The van der Waals surface area contributed by atoms with Crippen molar-refractivity contribution in [1.82, 2.24) is 16.0 Å². The molecule has 0 aliphatic carbocycles. The zero-order chi connectivity index (χ0) is 27.5. The monoisotopic (exact) mass is 515 g/mol. The SMILES string of the molecule is CC(C)CC(NC(=O)C(CCCCN)NC(=O)C(CCCCN)NC(=O)C(N)CCCCN)C(=O)O. The molecule has 0 saturated heterocycles. The topological polar surface area (TPSA) is 229 Å². The average Bonchev–Trinajstić information content (AvgIpc) is 2.81. The first-order valence-electron chi connectivity index (χ1n) is 13.1. The van der Waals surface area contributed by atoms with Gasteiger partial charge in [0, 0.05) is 0 Å². The number of carboxylic acid groups (broad SMARTS) is 1. The molecule has 0 aromatic carbocycles. The second-order valence-corrected chi connectivity index (χ2v) is 9.61. The lowest BCUT2D eigenvalue weighted by molar-refractivity contribution is -0.142. The summed E-state index contributed by atoms with van der Waals surface area (Å²) in [5.41, 5.74) is 22.6. The first-order chi connectivity index (χ1) is 17.1. The molecule has 36 heavy (non-hydrogen) atoms. The normalized spacial score (nSPS) is 14.5. The molecule has 0 rings (SSSR count). The Morgan fingerprint density at radius 3 is 1.42 bits per heavy atom. The van der Waals surface area contributed by atoms with Crippen LogP contribution in [0.4, 0.5) is 0 Å². The van der Waals surface area contributed by atoms with Crippen molar-refractivity contribution in [3.05, 3.63) is 0 Å². The minimum atomic E-state index is -1.14. The summed E-state index contributed by atoms with van der Waals surface area (Å²) in [7, 11) is 0. The van der Waals surface area contributed by atoms with Crippen molar-refractivity contribution < 1.29 is 24.3 Å². The van der Waals surface area contributed by atoms with Gasteiger partial charge in [0.05, 0.1) is 6.04 Å². The standard InChI is InChI=1S/C24H49N7O5/c1-16(2)15-20(24(35)36)31-23(34)19(11-5-8-14-27)30-22(33)18(10-4-7-13-26)29-21(32)17(28)9-3-6-12-25/h16-20H,3-15,25-28H2,1-2H3,(H,29,32)(H,30,33)(H,31,34)(H,35,36). The first-order valence-corrected chi connectivity index (χ1v) is 13.1. The predicted octanol–water partition coefficient (Wildman–Crippen LogP) is -0.714. The second-order valence-electron chi connectivity index (χ2n) is 9.61. The molecule has 3 amide bonds. The van der Waals surface area contributed by atoms with Crippen LogP contribution < -0.4 is 38.9 Å². The number of unbranched alkanes of at least 4 members (excludes halogenated alkanes) is 3. The minimum absolute atomic E-state index is 0.0490. The smallest absolute Gasteiger partial charge is 0.326 e. The van der Waals surface area contributed by atoms with Gasteiger partial charge in [-0.2, -0.15) is 0 Å². The van der Waals surface area contributed by atoms with E-state index in [-0.39, 0.29) is 18.8 Å². The number of carbonyl (C=O) groups is 4. The molecule has 4 atom stereocenters. The summed E-state index contributed by atoms with van der Waals surface area (Å²) >= 11 is 0. The maximum Gasteiger partial charge on any atom is 0.326 e. The van der Waals surface area contributed by atoms with Crippen LogP contribution in [0.3, 0.4) is 0 Å². The van der Waals surface area contributed by atoms with Crippen molar-refractivity contribution in [3.8, 4) is 0 Å². The molecule has 0 spiro atoms. The first kappa shape index (κ1) is 33.7. The number of aliphatic carboxylic acids is 1. The van der Waals surface area contributed by atoms with Crippen LogP contribution in [-0.4, -0.2) is 72.6 Å². The third-order valence-electron chi connectivity index (χ3n) is 5.79. The lowest BCUT2D eigenvalue weighted by Gasteiger charge is -2.25. The Morgan fingerprint density at radius 2 is 1.03 bits per heavy atom. The summed E-state index contributed by atoms with van der Waals surface area (Å²) in [6, 6.07) is -3.72. The molecule has 0 aromatic rings. The Balaban J connectivity index is 5.46. The van der Waals surface area contributed by atoms with Crippen molar-refractivity contribution in [2.75, 3.05) is 19.6 Å². The number of hydrogen-bond donors (Lipinski definition) is 8. The fraction of sp³-hybridized carbons (Fsp3) is 0.833. The molecule has 210 valence electrons. The number of hydrogen-bond acceptors (Lipinski definition) is 8. The predicted molar refractivity (Wildman–Crippen MR) is 140 cm³/mol. The summed E-state index contributed by atoms with van der Waals surface area (Å²) in [5.74, 6) is -2.66. The molecule has 0 aliphatic rings. The molecule has 4 unspecified atom stereocenters. The largest absolute Gasteiger partial charge is 0.480 e. The van der Waals surface area contributed by atoms with Gasteiger partial charge in [-0.15, -0.1) is 0 Å². The fourth-order valence-corrected chi connectivity index (χ4v) is 3.68. The molecule has 0 radical (unpaired) electrons. The Labute approximate surface area is 215 Å². The lowest BCUT2D eigenvalue weighted by atomic mass is 10.0. The second kappa shape index (κ2) is 19.9. The number of nitrogens with one attached hydrogen (secondary N) is 3. The maximum absolute atomic E-state index is 13.2. The minimum Gasteiger partial charge on any atom is -0.480 e. The summed E-state index contributed by atoms with van der Waals surface area (Å²) in [6.45, 7) is 5.09. The summed E-state index contributed by atoms with van der Waals surface area (Å²) in [6.07, 6.45) is 5.21. The Morgan fingerprint density at radius 1 is 0.639 bits per heavy atom. The molecule has 0 aromatic heterocycles. The van der Waals surface area contributed by atoms with E-state index in [9.17, 15) is 24.3 Å². The fourth-order valence-electron chi connectivity index (χ4n) is 3.68. The summed E-state index contributed by atoms with van der Waals surface area (Å²) in [4.78, 5) is 50.4. The van der Waals surface area contributed by atoms with E-state index in [4.69, 9.17) is 22.9 Å². The Kier molecular flexibility index (Phi) is 18.6. The molecular weight excluding hydrogens is 466 g/mol. The van der Waals surface area contributed by atoms with Crippen molar-refractivity contribution in [2.45, 2.75) is 102 Å². The van der Waals surface area contributed by atoms with Gasteiger partial charge >= 0.3 is 5.97 Å². The number of carboxylic acids is 1. The van der Waals surface area contributed by atoms with Crippen LogP contribution in [-0.2, 0) is 19.2 Å². The Hall–Kier alpha value is -2.28. The molecule has 0 bridgehead atoms. The van der Waals surface area contributed by atoms with E-state index in [1.165, 1.54) is 0 Å². The maximum atomic E-state index is 13.2. The molecule has 12 N–H and O–H groups in total. The van der Waals surface area contributed by atoms with Gasteiger partial charge in [0.15, 0.2) is 0 Å². The van der Waals surface area contributed by atoms with Crippen LogP contribution in [0.15, 0.2) is 0 Å².